The highest BCUT2D eigenvalue weighted by Crippen LogP contribution is 2.07. The van der Waals surface area contributed by atoms with Gasteiger partial charge in [0.1, 0.15) is 0 Å². The molecule has 1 aromatic carbocycles. The zero-order valence-electron chi connectivity index (χ0n) is 13.6. The van der Waals surface area contributed by atoms with E-state index in [4.69, 9.17) is 0 Å². The minimum Gasteiger partial charge on any atom is -0.392 e. The van der Waals surface area contributed by atoms with Gasteiger partial charge in [-0.2, -0.15) is 0 Å². The van der Waals surface area contributed by atoms with Crippen LogP contribution < -0.4 is 10.6 Å². The van der Waals surface area contributed by atoms with Gasteiger partial charge in [0.2, 0.25) is 5.91 Å². The van der Waals surface area contributed by atoms with Gasteiger partial charge >= 0.3 is 0 Å². The van der Waals surface area contributed by atoms with Crippen molar-refractivity contribution in [3.05, 3.63) is 35.4 Å². The SMILES string of the molecule is CCCNC(=O)c1cccc(CNC(=O)CC(O)C(C)C)c1. The molecular weight excluding hydrogens is 280 g/mol. The molecule has 0 spiro atoms. The van der Waals surface area contributed by atoms with E-state index in [1.807, 2.05) is 26.8 Å². The zero-order valence-corrected chi connectivity index (χ0v) is 13.6. The molecule has 0 aromatic heterocycles. The topological polar surface area (TPSA) is 78.4 Å². The number of carbonyl (C=O) groups excluding carboxylic acids is 2. The van der Waals surface area contributed by atoms with E-state index in [0.29, 0.717) is 18.7 Å². The molecule has 0 saturated carbocycles. The van der Waals surface area contributed by atoms with E-state index in [-0.39, 0.29) is 24.2 Å². The van der Waals surface area contributed by atoms with E-state index in [1.54, 1.807) is 18.2 Å². The average molecular weight is 306 g/mol. The van der Waals surface area contributed by atoms with Crippen LogP contribution in [0.2, 0.25) is 0 Å². The number of rotatable bonds is 8. The van der Waals surface area contributed by atoms with Crippen LogP contribution in [-0.2, 0) is 11.3 Å². The van der Waals surface area contributed by atoms with Crippen molar-refractivity contribution in [1.82, 2.24) is 10.6 Å². The Morgan fingerprint density at radius 1 is 1.23 bits per heavy atom. The van der Waals surface area contributed by atoms with E-state index in [2.05, 4.69) is 10.6 Å². The molecule has 1 aromatic rings. The summed E-state index contributed by atoms with van der Waals surface area (Å²) in [5.41, 5.74) is 1.44. The van der Waals surface area contributed by atoms with Crippen LogP contribution in [-0.4, -0.2) is 29.6 Å². The standard InChI is InChI=1S/C17H26N2O3/c1-4-8-18-17(22)14-7-5-6-13(9-14)11-19-16(21)10-15(20)12(2)3/h5-7,9,12,15,20H,4,8,10-11H2,1-3H3,(H,18,22)(H,19,21). The zero-order chi connectivity index (χ0) is 16.5. The fraction of sp³-hybridized carbons (Fsp3) is 0.529. The van der Waals surface area contributed by atoms with Crippen molar-refractivity contribution < 1.29 is 14.7 Å². The third kappa shape index (κ3) is 6.26. The summed E-state index contributed by atoms with van der Waals surface area (Å²) in [6.07, 6.45) is 0.347. The normalized spacial score (nSPS) is 12.0. The molecular formula is C17H26N2O3. The molecule has 0 aliphatic heterocycles. The summed E-state index contributed by atoms with van der Waals surface area (Å²) in [4.78, 5) is 23.6. The largest absolute Gasteiger partial charge is 0.392 e. The lowest BCUT2D eigenvalue weighted by Crippen LogP contribution is -2.29. The maximum absolute atomic E-state index is 11.9. The Hall–Kier alpha value is -1.88. The Morgan fingerprint density at radius 2 is 1.95 bits per heavy atom. The van der Waals surface area contributed by atoms with Crippen LogP contribution in [0.15, 0.2) is 24.3 Å². The Bertz CT molecular complexity index is 500. The van der Waals surface area contributed by atoms with Crippen molar-refractivity contribution >= 4 is 11.8 Å². The number of aliphatic hydroxyl groups excluding tert-OH is 1. The van der Waals surface area contributed by atoms with Gasteiger partial charge in [0, 0.05) is 18.7 Å². The molecule has 0 radical (unpaired) electrons. The molecule has 0 heterocycles. The first kappa shape index (κ1) is 18.2. The van der Waals surface area contributed by atoms with E-state index >= 15 is 0 Å². The molecule has 5 nitrogen and oxygen atoms in total. The Labute approximate surface area is 132 Å². The lowest BCUT2D eigenvalue weighted by Gasteiger charge is -2.14. The molecule has 1 atom stereocenters. The van der Waals surface area contributed by atoms with Crippen LogP contribution in [0.4, 0.5) is 0 Å². The van der Waals surface area contributed by atoms with Crippen molar-refractivity contribution in [3.8, 4) is 0 Å². The van der Waals surface area contributed by atoms with Gasteiger partial charge in [-0.15, -0.1) is 0 Å². The second-order valence-corrected chi connectivity index (χ2v) is 5.75. The van der Waals surface area contributed by atoms with Gasteiger partial charge in [-0.3, -0.25) is 9.59 Å². The number of carbonyl (C=O) groups is 2. The average Bonchev–Trinajstić information content (AvgIpc) is 2.50. The van der Waals surface area contributed by atoms with Crippen molar-refractivity contribution in [3.63, 3.8) is 0 Å². The number of hydrogen-bond donors (Lipinski definition) is 3. The smallest absolute Gasteiger partial charge is 0.251 e. The fourth-order valence-corrected chi connectivity index (χ4v) is 1.86. The van der Waals surface area contributed by atoms with Crippen LogP contribution in [0.3, 0.4) is 0 Å². The van der Waals surface area contributed by atoms with E-state index in [1.165, 1.54) is 0 Å². The van der Waals surface area contributed by atoms with Crippen LogP contribution in [0, 0.1) is 5.92 Å². The highest BCUT2D eigenvalue weighted by Gasteiger charge is 2.14. The molecule has 0 saturated heterocycles. The van der Waals surface area contributed by atoms with Crippen LogP contribution in [0.5, 0.6) is 0 Å². The van der Waals surface area contributed by atoms with E-state index in [9.17, 15) is 14.7 Å². The first-order valence-corrected chi connectivity index (χ1v) is 7.76. The van der Waals surface area contributed by atoms with Crippen molar-refractivity contribution in [1.29, 1.82) is 0 Å². The highest BCUT2D eigenvalue weighted by molar-refractivity contribution is 5.94. The number of aliphatic hydroxyl groups is 1. The Kier molecular flexibility index (Phi) is 7.60. The highest BCUT2D eigenvalue weighted by atomic mass is 16.3. The van der Waals surface area contributed by atoms with Gasteiger partial charge in [-0.05, 0) is 30.0 Å². The van der Waals surface area contributed by atoms with Crippen LogP contribution in [0.1, 0.15) is 49.5 Å². The third-order valence-corrected chi connectivity index (χ3v) is 3.38. The van der Waals surface area contributed by atoms with Gasteiger partial charge in [-0.25, -0.2) is 0 Å². The van der Waals surface area contributed by atoms with Crippen molar-refractivity contribution in [2.45, 2.75) is 46.3 Å². The van der Waals surface area contributed by atoms with Gasteiger partial charge in [-0.1, -0.05) is 32.9 Å². The minimum atomic E-state index is -0.633. The summed E-state index contributed by atoms with van der Waals surface area (Å²) in [6.45, 7) is 6.73. The number of benzene rings is 1. The summed E-state index contributed by atoms with van der Waals surface area (Å²) < 4.78 is 0. The second-order valence-electron chi connectivity index (χ2n) is 5.75. The third-order valence-electron chi connectivity index (χ3n) is 3.38. The summed E-state index contributed by atoms with van der Waals surface area (Å²) >= 11 is 0. The molecule has 22 heavy (non-hydrogen) atoms. The predicted octanol–water partition coefficient (Wildman–Crippen LogP) is 1.85. The molecule has 1 rings (SSSR count). The second kappa shape index (κ2) is 9.20. The molecule has 0 aliphatic carbocycles. The van der Waals surface area contributed by atoms with Crippen LogP contribution >= 0.6 is 0 Å². The quantitative estimate of drug-likeness (QED) is 0.686. The summed E-state index contributed by atoms with van der Waals surface area (Å²) in [5.74, 6) is -0.247. The van der Waals surface area contributed by atoms with Gasteiger partial charge in [0.15, 0.2) is 0 Å². The summed E-state index contributed by atoms with van der Waals surface area (Å²) in [5, 5.41) is 15.3. The lowest BCUT2D eigenvalue weighted by molar-refractivity contribution is -0.123. The van der Waals surface area contributed by atoms with Crippen LogP contribution in [0.25, 0.3) is 0 Å². The first-order chi connectivity index (χ1) is 10.4. The summed E-state index contributed by atoms with van der Waals surface area (Å²) in [6, 6.07) is 7.17. The monoisotopic (exact) mass is 306 g/mol. The molecule has 3 N–H and O–H groups in total. The molecule has 0 bridgehead atoms. The van der Waals surface area contributed by atoms with E-state index < -0.39 is 6.10 Å². The maximum atomic E-state index is 11.9. The Balaban J connectivity index is 2.53. The van der Waals surface area contributed by atoms with Gasteiger partial charge in [0.05, 0.1) is 12.5 Å². The molecule has 0 aliphatic rings. The van der Waals surface area contributed by atoms with Gasteiger partial charge in [0.25, 0.3) is 5.91 Å². The number of nitrogens with one attached hydrogen (secondary N) is 2. The molecule has 1 unspecified atom stereocenters. The minimum absolute atomic E-state index is 0.0522. The predicted molar refractivity (Wildman–Crippen MR) is 86.4 cm³/mol. The number of hydrogen-bond acceptors (Lipinski definition) is 3. The lowest BCUT2D eigenvalue weighted by atomic mass is 10.0. The van der Waals surface area contributed by atoms with Crippen molar-refractivity contribution in [2.75, 3.05) is 6.54 Å². The molecule has 2 amide bonds. The summed E-state index contributed by atoms with van der Waals surface area (Å²) in [7, 11) is 0. The first-order valence-electron chi connectivity index (χ1n) is 7.76. The van der Waals surface area contributed by atoms with E-state index in [0.717, 1.165) is 12.0 Å². The Morgan fingerprint density at radius 3 is 2.59 bits per heavy atom. The fourth-order valence-electron chi connectivity index (χ4n) is 1.86. The molecule has 0 fully saturated rings. The van der Waals surface area contributed by atoms with Crippen molar-refractivity contribution in [2.24, 2.45) is 5.92 Å². The van der Waals surface area contributed by atoms with Gasteiger partial charge < -0.3 is 15.7 Å². The maximum Gasteiger partial charge on any atom is 0.251 e. The molecule has 5 heteroatoms. The number of amides is 2. The molecule has 122 valence electrons.